The van der Waals surface area contributed by atoms with Gasteiger partial charge in [0, 0.05) is 19.0 Å². The average Bonchev–Trinajstić information content (AvgIpc) is 2.24. The van der Waals surface area contributed by atoms with Crippen LogP contribution in [0.15, 0.2) is 24.3 Å². The lowest BCUT2D eigenvalue weighted by molar-refractivity contribution is 0.0472. The van der Waals surface area contributed by atoms with Crippen LogP contribution in [0.5, 0.6) is 0 Å². The minimum absolute atomic E-state index is 0.160. The number of halogens is 1. The minimum Gasteiger partial charge on any atom is -0.444 e. The maximum atomic E-state index is 13.0. The summed E-state index contributed by atoms with van der Waals surface area (Å²) in [6.07, 6.45) is -0.446. The molecule has 1 fully saturated rings. The molecule has 1 amide bonds. The number of rotatable bonds is 3. The van der Waals surface area contributed by atoms with Crippen LogP contribution >= 0.6 is 0 Å². The molecular weight excluding hydrogens is 259 g/mol. The quantitative estimate of drug-likeness (QED) is 0.895. The van der Waals surface area contributed by atoms with Crippen molar-refractivity contribution in [3.05, 3.63) is 35.6 Å². The molecule has 2 rings (SSSR count). The molecule has 0 spiro atoms. The molecule has 0 bridgehead atoms. The van der Waals surface area contributed by atoms with E-state index in [-0.39, 0.29) is 11.9 Å². The highest BCUT2D eigenvalue weighted by atomic mass is 19.1. The molecule has 1 aromatic rings. The molecule has 1 aliphatic heterocycles. The lowest BCUT2D eigenvalue weighted by Crippen LogP contribution is -2.50. The summed E-state index contributed by atoms with van der Waals surface area (Å²) in [5, 5.41) is 6.07. The van der Waals surface area contributed by atoms with Gasteiger partial charge in [-0.25, -0.2) is 9.18 Å². The summed E-state index contributed by atoms with van der Waals surface area (Å²) in [4.78, 5) is 11.9. The van der Waals surface area contributed by atoms with Crippen LogP contribution in [0.25, 0.3) is 0 Å². The van der Waals surface area contributed by atoms with Gasteiger partial charge in [0.2, 0.25) is 0 Å². The summed E-state index contributed by atoms with van der Waals surface area (Å²) in [6.45, 7) is 7.13. The first kappa shape index (κ1) is 14.8. The van der Waals surface area contributed by atoms with Gasteiger partial charge in [0.1, 0.15) is 11.4 Å². The minimum atomic E-state index is -0.532. The zero-order chi connectivity index (χ0) is 14.8. The molecule has 0 aromatic heterocycles. The van der Waals surface area contributed by atoms with E-state index in [1.807, 2.05) is 20.8 Å². The molecule has 20 heavy (non-hydrogen) atoms. The molecule has 1 aliphatic rings. The first-order chi connectivity index (χ1) is 9.35. The van der Waals surface area contributed by atoms with E-state index in [2.05, 4.69) is 10.6 Å². The number of benzene rings is 1. The van der Waals surface area contributed by atoms with E-state index in [0.29, 0.717) is 5.92 Å². The number of alkyl carbamates (subject to hydrolysis) is 1. The Bertz CT molecular complexity index is 464. The number of nitrogens with one attached hydrogen (secondary N) is 2. The third-order valence-corrected chi connectivity index (χ3v) is 3.19. The van der Waals surface area contributed by atoms with Crippen LogP contribution in [-0.2, 0) is 4.74 Å². The van der Waals surface area contributed by atoms with Crippen LogP contribution in [-0.4, -0.2) is 24.8 Å². The Labute approximate surface area is 118 Å². The van der Waals surface area contributed by atoms with Gasteiger partial charge in [-0.15, -0.1) is 0 Å². The summed E-state index contributed by atoms with van der Waals surface area (Å²) in [6, 6.07) is 6.06. The summed E-state index contributed by atoms with van der Waals surface area (Å²) in [5.74, 6) is 0.0180. The third-order valence-electron chi connectivity index (χ3n) is 3.19. The van der Waals surface area contributed by atoms with Crippen molar-refractivity contribution in [2.75, 3.05) is 13.1 Å². The molecule has 1 aromatic carbocycles. The number of carbonyl (C=O) groups is 1. The van der Waals surface area contributed by atoms with E-state index in [0.717, 1.165) is 18.7 Å². The maximum absolute atomic E-state index is 13.0. The van der Waals surface area contributed by atoms with Gasteiger partial charge in [-0.05, 0) is 38.5 Å². The Morgan fingerprint density at radius 1 is 1.35 bits per heavy atom. The second-order valence-corrected chi connectivity index (χ2v) is 6.09. The molecule has 4 nitrogen and oxygen atoms in total. The number of ether oxygens (including phenoxy) is 1. The van der Waals surface area contributed by atoms with Gasteiger partial charge in [0.25, 0.3) is 0 Å². The third kappa shape index (κ3) is 3.93. The van der Waals surface area contributed by atoms with Gasteiger partial charge in [-0.3, -0.25) is 0 Å². The molecule has 1 heterocycles. The van der Waals surface area contributed by atoms with Crippen molar-refractivity contribution in [1.29, 1.82) is 0 Å². The number of hydrogen-bond donors (Lipinski definition) is 2. The zero-order valence-corrected chi connectivity index (χ0v) is 12.1. The number of amides is 1. The molecule has 0 saturated carbocycles. The topological polar surface area (TPSA) is 50.4 Å². The van der Waals surface area contributed by atoms with Gasteiger partial charge in [-0.2, -0.15) is 0 Å². The normalized spacial score (nSPS) is 17.2. The largest absolute Gasteiger partial charge is 0.444 e. The molecule has 0 aliphatic carbocycles. The Balaban J connectivity index is 2.08. The van der Waals surface area contributed by atoms with Gasteiger partial charge in [0.05, 0.1) is 6.04 Å². The summed E-state index contributed by atoms with van der Waals surface area (Å²) < 4.78 is 18.3. The van der Waals surface area contributed by atoms with E-state index in [1.54, 1.807) is 12.1 Å². The van der Waals surface area contributed by atoms with E-state index in [9.17, 15) is 9.18 Å². The van der Waals surface area contributed by atoms with Crippen molar-refractivity contribution in [1.82, 2.24) is 10.6 Å². The lowest BCUT2D eigenvalue weighted by atomic mass is 9.88. The van der Waals surface area contributed by atoms with Crippen molar-refractivity contribution < 1.29 is 13.9 Å². The van der Waals surface area contributed by atoms with Crippen LogP contribution in [0.4, 0.5) is 9.18 Å². The van der Waals surface area contributed by atoms with Crippen molar-refractivity contribution in [3.8, 4) is 0 Å². The smallest absolute Gasteiger partial charge is 0.408 e. The fourth-order valence-electron chi connectivity index (χ4n) is 2.12. The van der Waals surface area contributed by atoms with E-state index in [4.69, 9.17) is 4.74 Å². The standard InChI is InChI=1S/C15H21FN2O2/c1-15(2,3)20-14(19)18-13(11-8-17-9-11)10-4-6-12(16)7-5-10/h4-7,11,13,17H,8-9H2,1-3H3,(H,18,19). The maximum Gasteiger partial charge on any atom is 0.408 e. The Morgan fingerprint density at radius 3 is 2.40 bits per heavy atom. The van der Waals surface area contributed by atoms with Crippen molar-refractivity contribution in [2.24, 2.45) is 5.92 Å². The van der Waals surface area contributed by atoms with E-state index < -0.39 is 11.7 Å². The van der Waals surface area contributed by atoms with Crippen LogP contribution in [0.2, 0.25) is 0 Å². The van der Waals surface area contributed by atoms with Crippen LogP contribution < -0.4 is 10.6 Å². The van der Waals surface area contributed by atoms with Crippen LogP contribution in [0.3, 0.4) is 0 Å². The predicted molar refractivity (Wildman–Crippen MR) is 74.9 cm³/mol. The molecule has 1 unspecified atom stereocenters. The Kier molecular flexibility index (Phi) is 4.28. The second-order valence-electron chi connectivity index (χ2n) is 6.09. The fourth-order valence-corrected chi connectivity index (χ4v) is 2.12. The zero-order valence-electron chi connectivity index (χ0n) is 12.1. The van der Waals surface area contributed by atoms with Crippen molar-refractivity contribution >= 4 is 6.09 Å². The fraction of sp³-hybridized carbons (Fsp3) is 0.533. The van der Waals surface area contributed by atoms with Gasteiger partial charge in [0.15, 0.2) is 0 Å². The summed E-state index contributed by atoms with van der Waals surface area (Å²) in [5.41, 5.74) is 0.360. The van der Waals surface area contributed by atoms with Crippen molar-refractivity contribution in [2.45, 2.75) is 32.4 Å². The average molecular weight is 280 g/mol. The first-order valence-corrected chi connectivity index (χ1v) is 6.81. The van der Waals surface area contributed by atoms with E-state index in [1.165, 1.54) is 12.1 Å². The molecule has 0 radical (unpaired) electrons. The first-order valence-electron chi connectivity index (χ1n) is 6.81. The van der Waals surface area contributed by atoms with Gasteiger partial charge < -0.3 is 15.4 Å². The second kappa shape index (κ2) is 5.79. The number of hydrogen-bond acceptors (Lipinski definition) is 3. The molecule has 1 atom stereocenters. The lowest BCUT2D eigenvalue weighted by Gasteiger charge is -2.35. The van der Waals surface area contributed by atoms with Gasteiger partial charge in [-0.1, -0.05) is 12.1 Å². The van der Waals surface area contributed by atoms with Crippen LogP contribution in [0.1, 0.15) is 32.4 Å². The summed E-state index contributed by atoms with van der Waals surface area (Å²) >= 11 is 0. The molecule has 110 valence electrons. The van der Waals surface area contributed by atoms with Crippen LogP contribution in [0, 0.1) is 11.7 Å². The van der Waals surface area contributed by atoms with Gasteiger partial charge >= 0.3 is 6.09 Å². The number of carbonyl (C=O) groups excluding carboxylic acids is 1. The highest BCUT2D eigenvalue weighted by Crippen LogP contribution is 2.26. The SMILES string of the molecule is CC(C)(C)OC(=O)NC(c1ccc(F)cc1)C1CNC1. The highest BCUT2D eigenvalue weighted by molar-refractivity contribution is 5.68. The molecular formula is C15H21FN2O2. The van der Waals surface area contributed by atoms with Crippen molar-refractivity contribution in [3.63, 3.8) is 0 Å². The predicted octanol–water partition coefficient (Wildman–Crippen LogP) is 2.61. The molecule has 5 heteroatoms. The van der Waals surface area contributed by atoms with E-state index >= 15 is 0 Å². The molecule has 2 N–H and O–H groups in total. The highest BCUT2D eigenvalue weighted by Gasteiger charge is 2.31. The molecule has 1 saturated heterocycles. The Morgan fingerprint density at radius 2 is 1.95 bits per heavy atom. The Hall–Kier alpha value is -1.62. The summed E-state index contributed by atoms with van der Waals surface area (Å²) in [7, 11) is 0. The monoisotopic (exact) mass is 280 g/mol.